The Bertz CT molecular complexity index is 1500. The van der Waals surface area contributed by atoms with Crippen molar-refractivity contribution in [3.63, 3.8) is 0 Å². The second-order valence-electron chi connectivity index (χ2n) is 10.6. The Kier molecular flexibility index (Phi) is 8.97. The Hall–Kier alpha value is -4.51. The summed E-state index contributed by atoms with van der Waals surface area (Å²) in [5, 5.41) is 15.7. The summed E-state index contributed by atoms with van der Waals surface area (Å²) in [4.78, 5) is 47.6. The summed E-state index contributed by atoms with van der Waals surface area (Å²) in [6, 6.07) is 19.5. The standard InChI is InChI=1S/C32H35N5O5/c1-21-19-26-27(20-25(21)32(40)41)34-31(39)28(26)29(22-7-4-3-5-8-22)33-24-11-9-23(10-12-24)30(38)35-42-18-6-13-37-16-14-36(2)15-17-37/h3-5,7-12,19-20,33H,6,13-18H2,1-2H3,(H,34,39)(H,35,38)(H,40,41)/b29-28-. The first-order valence-electron chi connectivity index (χ1n) is 14.0. The molecule has 3 aromatic rings. The van der Waals surface area contributed by atoms with Crippen LogP contribution in [0.15, 0.2) is 66.7 Å². The van der Waals surface area contributed by atoms with Crippen LogP contribution in [-0.2, 0) is 9.63 Å². The number of nitrogens with one attached hydrogen (secondary N) is 3. The fraction of sp³-hybridized carbons (Fsp3) is 0.281. The Morgan fingerprint density at radius 2 is 1.69 bits per heavy atom. The van der Waals surface area contributed by atoms with Crippen molar-refractivity contribution in [2.45, 2.75) is 13.3 Å². The van der Waals surface area contributed by atoms with E-state index in [1.807, 2.05) is 30.3 Å². The SMILES string of the molecule is Cc1cc2c(cc1C(=O)O)NC(=O)/C2=C(\Nc1ccc(C(=O)NOCCCN2CCN(C)CC2)cc1)c1ccccc1. The molecule has 0 spiro atoms. The van der Waals surface area contributed by atoms with Crippen LogP contribution in [0.2, 0.25) is 0 Å². The van der Waals surface area contributed by atoms with Crippen LogP contribution in [0.25, 0.3) is 11.3 Å². The van der Waals surface area contributed by atoms with E-state index in [-0.39, 0.29) is 17.4 Å². The minimum absolute atomic E-state index is 0.136. The molecule has 0 bridgehead atoms. The van der Waals surface area contributed by atoms with Crippen molar-refractivity contribution in [3.05, 3.63) is 94.5 Å². The van der Waals surface area contributed by atoms with E-state index in [0.29, 0.717) is 45.9 Å². The number of carbonyl (C=O) groups is 3. The number of carboxylic acid groups (broad SMARTS) is 1. The van der Waals surface area contributed by atoms with Crippen LogP contribution in [0.5, 0.6) is 0 Å². The number of anilines is 2. The quantitative estimate of drug-likeness (QED) is 0.165. The van der Waals surface area contributed by atoms with Gasteiger partial charge in [-0.15, -0.1) is 0 Å². The van der Waals surface area contributed by atoms with Gasteiger partial charge in [-0.05, 0) is 67.9 Å². The molecule has 0 radical (unpaired) electrons. The molecule has 0 aromatic heterocycles. The van der Waals surface area contributed by atoms with E-state index < -0.39 is 5.97 Å². The maximum atomic E-state index is 13.2. The lowest BCUT2D eigenvalue weighted by molar-refractivity contribution is -0.110. The molecule has 2 aliphatic heterocycles. The average Bonchev–Trinajstić information content (AvgIpc) is 3.31. The van der Waals surface area contributed by atoms with Crippen molar-refractivity contribution in [1.82, 2.24) is 15.3 Å². The molecular weight excluding hydrogens is 534 g/mol. The highest BCUT2D eigenvalue weighted by molar-refractivity contribution is 6.37. The fourth-order valence-corrected chi connectivity index (χ4v) is 5.14. The molecule has 0 saturated carbocycles. The smallest absolute Gasteiger partial charge is 0.336 e. The summed E-state index contributed by atoms with van der Waals surface area (Å²) in [5.74, 6) is -1.72. The number of nitrogens with zero attached hydrogens (tertiary/aromatic N) is 2. The van der Waals surface area contributed by atoms with Gasteiger partial charge < -0.3 is 25.5 Å². The van der Waals surface area contributed by atoms with Crippen molar-refractivity contribution < 1.29 is 24.3 Å². The number of piperazine rings is 1. The highest BCUT2D eigenvalue weighted by Gasteiger charge is 2.30. The predicted octanol–water partition coefficient (Wildman–Crippen LogP) is 3.92. The van der Waals surface area contributed by atoms with Crippen molar-refractivity contribution >= 4 is 40.4 Å². The van der Waals surface area contributed by atoms with E-state index in [1.165, 1.54) is 6.07 Å². The molecular formula is C32H35N5O5. The lowest BCUT2D eigenvalue weighted by Gasteiger charge is -2.32. The monoisotopic (exact) mass is 569 g/mol. The van der Waals surface area contributed by atoms with Crippen LogP contribution in [0.4, 0.5) is 11.4 Å². The van der Waals surface area contributed by atoms with Crippen LogP contribution < -0.4 is 16.1 Å². The van der Waals surface area contributed by atoms with Gasteiger partial charge in [0, 0.05) is 49.5 Å². The van der Waals surface area contributed by atoms with Crippen molar-refractivity contribution in [3.8, 4) is 0 Å². The summed E-state index contributed by atoms with van der Waals surface area (Å²) >= 11 is 0. The molecule has 0 unspecified atom stereocenters. The first kappa shape index (κ1) is 29.0. The third-order valence-electron chi connectivity index (χ3n) is 7.55. The molecule has 218 valence electrons. The molecule has 1 fully saturated rings. The largest absolute Gasteiger partial charge is 0.478 e. The Balaban J connectivity index is 1.27. The Morgan fingerprint density at radius 3 is 2.38 bits per heavy atom. The molecule has 2 amide bonds. The third kappa shape index (κ3) is 6.68. The van der Waals surface area contributed by atoms with E-state index in [4.69, 9.17) is 4.84 Å². The number of hydrogen-bond acceptors (Lipinski definition) is 7. The first-order chi connectivity index (χ1) is 20.3. The van der Waals surface area contributed by atoms with Gasteiger partial charge in [-0.25, -0.2) is 10.3 Å². The van der Waals surface area contributed by atoms with Crippen LogP contribution >= 0.6 is 0 Å². The molecule has 4 N–H and O–H groups in total. The highest BCUT2D eigenvalue weighted by atomic mass is 16.6. The molecule has 2 aliphatic rings. The van der Waals surface area contributed by atoms with Gasteiger partial charge in [0.05, 0.1) is 29.1 Å². The van der Waals surface area contributed by atoms with Gasteiger partial charge in [-0.3, -0.25) is 14.4 Å². The first-order valence-corrected chi connectivity index (χ1v) is 14.0. The summed E-state index contributed by atoms with van der Waals surface area (Å²) in [5.41, 5.74) is 7.14. The normalized spacial score (nSPS) is 16.5. The predicted molar refractivity (Wildman–Crippen MR) is 162 cm³/mol. The number of rotatable bonds is 10. The zero-order chi connectivity index (χ0) is 29.6. The van der Waals surface area contributed by atoms with Gasteiger partial charge in [0.25, 0.3) is 11.8 Å². The summed E-state index contributed by atoms with van der Waals surface area (Å²) in [6.45, 7) is 7.32. The minimum Gasteiger partial charge on any atom is -0.478 e. The van der Waals surface area contributed by atoms with Gasteiger partial charge >= 0.3 is 5.97 Å². The number of aromatic carboxylic acids is 1. The second kappa shape index (κ2) is 13.0. The summed E-state index contributed by atoms with van der Waals surface area (Å²) < 4.78 is 0. The minimum atomic E-state index is -1.05. The van der Waals surface area contributed by atoms with Gasteiger partial charge in [0.15, 0.2) is 0 Å². The molecule has 2 heterocycles. The van der Waals surface area contributed by atoms with E-state index >= 15 is 0 Å². The van der Waals surface area contributed by atoms with Gasteiger partial charge in [-0.2, -0.15) is 0 Å². The maximum Gasteiger partial charge on any atom is 0.336 e. The third-order valence-corrected chi connectivity index (χ3v) is 7.55. The number of likely N-dealkylation sites (N-methyl/N-ethyl adjacent to an activating group) is 1. The number of carboxylic acids is 1. The number of amides is 2. The topological polar surface area (TPSA) is 123 Å². The number of aryl methyl sites for hydroxylation is 1. The number of hydrogen-bond donors (Lipinski definition) is 4. The second-order valence-corrected chi connectivity index (χ2v) is 10.6. The van der Waals surface area contributed by atoms with Crippen LogP contribution in [0.3, 0.4) is 0 Å². The zero-order valence-corrected chi connectivity index (χ0v) is 23.8. The van der Waals surface area contributed by atoms with Crippen molar-refractivity contribution in [2.75, 3.05) is 57.0 Å². The molecule has 3 aromatic carbocycles. The number of carbonyl (C=O) groups excluding carboxylic acids is 2. The van der Waals surface area contributed by atoms with Crippen molar-refractivity contribution in [1.29, 1.82) is 0 Å². The zero-order valence-electron chi connectivity index (χ0n) is 23.8. The maximum absolute atomic E-state index is 13.2. The molecule has 0 atom stereocenters. The van der Waals surface area contributed by atoms with Crippen LogP contribution in [-0.4, -0.2) is 79.1 Å². The lowest BCUT2D eigenvalue weighted by atomic mass is 9.96. The van der Waals surface area contributed by atoms with Gasteiger partial charge in [0.1, 0.15) is 0 Å². The van der Waals surface area contributed by atoms with Gasteiger partial charge in [0.2, 0.25) is 0 Å². The van der Waals surface area contributed by atoms with E-state index in [9.17, 15) is 19.5 Å². The summed E-state index contributed by atoms with van der Waals surface area (Å²) in [7, 11) is 2.13. The molecule has 10 nitrogen and oxygen atoms in total. The molecule has 0 aliphatic carbocycles. The molecule has 42 heavy (non-hydrogen) atoms. The van der Waals surface area contributed by atoms with Crippen molar-refractivity contribution in [2.24, 2.45) is 0 Å². The van der Waals surface area contributed by atoms with E-state index in [1.54, 1.807) is 37.3 Å². The van der Waals surface area contributed by atoms with E-state index in [2.05, 4.69) is 33.0 Å². The highest BCUT2D eigenvalue weighted by Crippen LogP contribution is 2.39. The lowest BCUT2D eigenvalue weighted by Crippen LogP contribution is -2.44. The van der Waals surface area contributed by atoms with Crippen LogP contribution in [0.1, 0.15) is 43.8 Å². The average molecular weight is 570 g/mol. The Morgan fingerprint density at radius 1 is 0.976 bits per heavy atom. The molecule has 1 saturated heterocycles. The van der Waals surface area contributed by atoms with Crippen LogP contribution in [0, 0.1) is 6.92 Å². The number of fused-ring (bicyclic) bond motifs is 1. The van der Waals surface area contributed by atoms with E-state index in [0.717, 1.165) is 44.7 Å². The number of benzene rings is 3. The molecule has 10 heteroatoms. The summed E-state index contributed by atoms with van der Waals surface area (Å²) in [6.07, 6.45) is 0.831. The fourth-order valence-electron chi connectivity index (χ4n) is 5.14. The Labute approximate surface area is 244 Å². The molecule has 5 rings (SSSR count). The number of hydroxylamine groups is 1. The van der Waals surface area contributed by atoms with Gasteiger partial charge in [-0.1, -0.05) is 30.3 Å².